The molecule has 5 rings (SSSR count). The highest BCUT2D eigenvalue weighted by molar-refractivity contribution is 7.80. The molecule has 1 aliphatic heterocycles. The van der Waals surface area contributed by atoms with Gasteiger partial charge in [-0.05, 0) is 62.3 Å². The normalized spacial score (nSPS) is 15.2. The van der Waals surface area contributed by atoms with Gasteiger partial charge in [0, 0.05) is 29.2 Å². The first kappa shape index (κ1) is 22.7. The number of benzene rings is 3. The third kappa shape index (κ3) is 4.29. The third-order valence-corrected chi connectivity index (χ3v) is 6.53. The summed E-state index contributed by atoms with van der Waals surface area (Å²) in [6.07, 6.45) is 3.67. The van der Waals surface area contributed by atoms with Crippen molar-refractivity contribution >= 4 is 51.8 Å². The fraction of sp³-hybridized carbons (Fsp3) is 0.138. The van der Waals surface area contributed by atoms with Gasteiger partial charge in [0.2, 0.25) is 0 Å². The molecule has 0 atom stereocenters. The van der Waals surface area contributed by atoms with Crippen LogP contribution in [0.2, 0.25) is 0 Å². The molecule has 0 radical (unpaired) electrons. The summed E-state index contributed by atoms with van der Waals surface area (Å²) in [7, 11) is 0. The first-order chi connectivity index (χ1) is 16.8. The predicted octanol–water partition coefficient (Wildman–Crippen LogP) is 5.45. The van der Waals surface area contributed by atoms with Crippen LogP contribution in [-0.4, -0.2) is 21.5 Å². The number of aromatic nitrogens is 1. The van der Waals surface area contributed by atoms with Crippen LogP contribution in [0.4, 0.5) is 5.69 Å². The van der Waals surface area contributed by atoms with Gasteiger partial charge < -0.3 is 4.57 Å². The molecule has 6 heteroatoms. The van der Waals surface area contributed by atoms with Crippen LogP contribution in [0.1, 0.15) is 27.8 Å². The molecule has 1 fully saturated rings. The smallest absolute Gasteiger partial charge is 0.270 e. The average molecular weight is 480 g/mol. The van der Waals surface area contributed by atoms with Crippen molar-refractivity contribution in [3.8, 4) is 0 Å². The average Bonchev–Trinajstić information content (AvgIpc) is 3.15. The molecule has 5 nitrogen and oxygen atoms in total. The molecule has 4 aromatic rings. The van der Waals surface area contributed by atoms with E-state index in [0.717, 1.165) is 27.6 Å². The number of rotatable bonds is 4. The number of anilines is 1. The van der Waals surface area contributed by atoms with E-state index in [1.165, 1.54) is 16.0 Å². The molecule has 1 N–H and O–H groups in total. The lowest BCUT2D eigenvalue weighted by Gasteiger charge is -2.30. The maximum absolute atomic E-state index is 13.6. The summed E-state index contributed by atoms with van der Waals surface area (Å²) in [6, 6.07) is 22.2. The van der Waals surface area contributed by atoms with Crippen LogP contribution in [0.25, 0.3) is 17.0 Å². The van der Waals surface area contributed by atoms with Gasteiger partial charge in [-0.15, -0.1) is 0 Å². The van der Waals surface area contributed by atoms with E-state index in [9.17, 15) is 9.59 Å². The molecule has 1 aliphatic rings. The molecule has 0 saturated carbocycles. The summed E-state index contributed by atoms with van der Waals surface area (Å²) < 4.78 is 2.15. The highest BCUT2D eigenvalue weighted by atomic mass is 32.1. The number of fused-ring (bicyclic) bond motifs is 1. The molecule has 2 heterocycles. The zero-order valence-corrected chi connectivity index (χ0v) is 20.6. The Labute approximate surface area is 209 Å². The van der Waals surface area contributed by atoms with Crippen LogP contribution >= 0.6 is 12.2 Å². The number of thiocarbonyl (C=S) groups is 1. The zero-order chi connectivity index (χ0) is 24.7. The van der Waals surface area contributed by atoms with E-state index in [4.69, 9.17) is 12.2 Å². The maximum atomic E-state index is 13.6. The Bertz CT molecular complexity index is 1550. The minimum atomic E-state index is -0.489. The van der Waals surface area contributed by atoms with E-state index in [2.05, 4.69) is 41.1 Å². The number of nitrogens with zero attached hydrogens (tertiary/aromatic N) is 2. The van der Waals surface area contributed by atoms with Crippen molar-refractivity contribution in [2.75, 3.05) is 4.90 Å². The molecular formula is C29H25N3O2S. The molecule has 0 bridgehead atoms. The van der Waals surface area contributed by atoms with Crippen LogP contribution in [0.5, 0.6) is 0 Å². The maximum Gasteiger partial charge on any atom is 0.270 e. The van der Waals surface area contributed by atoms with Crippen molar-refractivity contribution in [1.82, 2.24) is 9.88 Å². The highest BCUT2D eigenvalue weighted by Gasteiger charge is 2.35. The molecule has 0 aliphatic carbocycles. The summed E-state index contributed by atoms with van der Waals surface area (Å²) in [6.45, 7) is 6.68. The molecular weight excluding hydrogens is 454 g/mol. The van der Waals surface area contributed by atoms with Crippen LogP contribution in [0.3, 0.4) is 0 Å². The van der Waals surface area contributed by atoms with Gasteiger partial charge in [-0.3, -0.25) is 19.8 Å². The van der Waals surface area contributed by atoms with Gasteiger partial charge in [0.15, 0.2) is 5.11 Å². The van der Waals surface area contributed by atoms with Crippen molar-refractivity contribution in [2.45, 2.75) is 27.3 Å². The van der Waals surface area contributed by atoms with E-state index in [1.54, 1.807) is 6.08 Å². The van der Waals surface area contributed by atoms with E-state index < -0.39 is 11.8 Å². The number of carbonyl (C=O) groups excluding carboxylic acids is 2. The Balaban J connectivity index is 1.58. The van der Waals surface area contributed by atoms with Crippen LogP contribution < -0.4 is 10.2 Å². The largest absolute Gasteiger partial charge is 0.342 e. The number of hydrogen-bond acceptors (Lipinski definition) is 3. The molecule has 1 aromatic heterocycles. The standard InChI is InChI=1S/C29H25N3O2S/c1-18-7-6-8-21(14-18)16-31-17-22(23-9-4-5-10-26(23)31)15-24-27(33)30-29(35)32(28(24)34)25-12-11-19(2)13-20(25)3/h4-15,17H,16H2,1-3H3,(H,30,33,35)/b24-15+. The third-order valence-electron chi connectivity index (χ3n) is 6.25. The summed E-state index contributed by atoms with van der Waals surface area (Å²) in [5.74, 6) is -0.919. The summed E-state index contributed by atoms with van der Waals surface area (Å²) >= 11 is 5.38. The number of para-hydroxylation sites is 1. The number of hydrogen-bond donors (Lipinski definition) is 1. The lowest BCUT2D eigenvalue weighted by molar-refractivity contribution is -0.122. The molecule has 2 amide bonds. The number of aryl methyl sites for hydroxylation is 3. The zero-order valence-electron chi connectivity index (χ0n) is 19.8. The lowest BCUT2D eigenvalue weighted by atomic mass is 10.0. The summed E-state index contributed by atoms with van der Waals surface area (Å²) in [5, 5.41) is 3.75. The van der Waals surface area contributed by atoms with Crippen LogP contribution in [-0.2, 0) is 16.1 Å². The van der Waals surface area contributed by atoms with Gasteiger partial charge in [0.1, 0.15) is 5.57 Å². The second-order valence-corrected chi connectivity index (χ2v) is 9.35. The number of amides is 2. The van der Waals surface area contributed by atoms with Crippen molar-refractivity contribution in [3.63, 3.8) is 0 Å². The topological polar surface area (TPSA) is 54.3 Å². The van der Waals surface area contributed by atoms with Gasteiger partial charge in [-0.1, -0.05) is 65.7 Å². The first-order valence-corrected chi connectivity index (χ1v) is 11.8. The quantitative estimate of drug-likeness (QED) is 0.241. The Hall–Kier alpha value is -4.03. The van der Waals surface area contributed by atoms with E-state index in [0.29, 0.717) is 12.2 Å². The van der Waals surface area contributed by atoms with Gasteiger partial charge >= 0.3 is 0 Å². The van der Waals surface area contributed by atoms with Gasteiger partial charge in [0.05, 0.1) is 5.69 Å². The molecule has 174 valence electrons. The molecule has 35 heavy (non-hydrogen) atoms. The SMILES string of the molecule is Cc1cccc(Cn2cc(/C=C3\C(=O)NC(=S)N(c4ccc(C)cc4C)C3=O)c3ccccc32)c1. The lowest BCUT2D eigenvalue weighted by Crippen LogP contribution is -2.54. The van der Waals surface area contributed by atoms with Gasteiger partial charge in [-0.25, -0.2) is 0 Å². The minimum Gasteiger partial charge on any atom is -0.342 e. The fourth-order valence-corrected chi connectivity index (χ4v) is 4.89. The number of nitrogens with one attached hydrogen (secondary N) is 1. The fourth-order valence-electron chi connectivity index (χ4n) is 4.62. The summed E-state index contributed by atoms with van der Waals surface area (Å²) in [5.41, 5.74) is 6.94. The van der Waals surface area contributed by atoms with E-state index >= 15 is 0 Å². The van der Waals surface area contributed by atoms with Crippen molar-refractivity contribution in [3.05, 3.63) is 106 Å². The van der Waals surface area contributed by atoms with Crippen LogP contribution in [0.15, 0.2) is 78.5 Å². The Morgan fingerprint density at radius 1 is 0.914 bits per heavy atom. The van der Waals surface area contributed by atoms with Gasteiger partial charge in [0.25, 0.3) is 11.8 Å². The molecule has 1 saturated heterocycles. The Morgan fingerprint density at radius 3 is 2.46 bits per heavy atom. The van der Waals surface area contributed by atoms with E-state index in [1.807, 2.05) is 62.5 Å². The summed E-state index contributed by atoms with van der Waals surface area (Å²) in [4.78, 5) is 27.9. The first-order valence-electron chi connectivity index (χ1n) is 11.4. The Morgan fingerprint density at radius 2 is 1.69 bits per heavy atom. The van der Waals surface area contributed by atoms with Crippen molar-refractivity contribution < 1.29 is 9.59 Å². The second-order valence-electron chi connectivity index (χ2n) is 8.97. The van der Waals surface area contributed by atoms with E-state index in [-0.39, 0.29) is 10.7 Å². The minimum absolute atomic E-state index is 0.0528. The van der Waals surface area contributed by atoms with Crippen LogP contribution in [0, 0.1) is 20.8 Å². The Kier molecular flexibility index (Phi) is 5.83. The predicted molar refractivity (Wildman–Crippen MR) is 144 cm³/mol. The van der Waals surface area contributed by atoms with Crippen molar-refractivity contribution in [2.24, 2.45) is 0 Å². The number of carbonyl (C=O) groups is 2. The van der Waals surface area contributed by atoms with Gasteiger partial charge in [-0.2, -0.15) is 0 Å². The molecule has 0 unspecified atom stereocenters. The van der Waals surface area contributed by atoms with Crippen molar-refractivity contribution in [1.29, 1.82) is 0 Å². The second kappa shape index (κ2) is 8.96. The molecule has 3 aromatic carbocycles. The molecule has 0 spiro atoms. The highest BCUT2D eigenvalue weighted by Crippen LogP contribution is 2.29. The monoisotopic (exact) mass is 479 g/mol.